The minimum absolute atomic E-state index is 0.0887. The van der Waals surface area contributed by atoms with Gasteiger partial charge in [0.25, 0.3) is 5.91 Å². The lowest BCUT2D eigenvalue weighted by Gasteiger charge is -2.29. The molecule has 7 nitrogen and oxygen atoms in total. The Labute approximate surface area is 212 Å². The van der Waals surface area contributed by atoms with Crippen molar-refractivity contribution in [3.05, 3.63) is 86.8 Å². The maximum Gasteiger partial charge on any atom is 0.333 e. The van der Waals surface area contributed by atoms with Gasteiger partial charge < -0.3 is 5.32 Å². The zero-order valence-electron chi connectivity index (χ0n) is 19.2. The number of rotatable bonds is 5. The van der Waals surface area contributed by atoms with Crippen molar-refractivity contribution in [2.75, 3.05) is 0 Å². The van der Waals surface area contributed by atoms with Crippen LogP contribution in [0.1, 0.15) is 41.7 Å². The van der Waals surface area contributed by atoms with Crippen molar-refractivity contribution in [2.45, 2.75) is 45.2 Å². The molecule has 4 aromatic rings. The highest BCUT2D eigenvalue weighted by atomic mass is 35.5. The van der Waals surface area contributed by atoms with Crippen LogP contribution in [-0.4, -0.2) is 31.1 Å². The molecule has 0 bridgehead atoms. The first-order valence-corrected chi connectivity index (χ1v) is 12.4. The fourth-order valence-electron chi connectivity index (χ4n) is 4.91. The van der Waals surface area contributed by atoms with Crippen molar-refractivity contribution in [1.82, 2.24) is 24.4 Å². The van der Waals surface area contributed by atoms with Gasteiger partial charge in [0.15, 0.2) is 0 Å². The smallest absolute Gasteiger partial charge is 0.333 e. The van der Waals surface area contributed by atoms with Crippen LogP contribution in [0.15, 0.2) is 59.8 Å². The molecule has 1 amide bonds. The van der Waals surface area contributed by atoms with Crippen molar-refractivity contribution in [2.24, 2.45) is 5.92 Å². The second-order valence-electron chi connectivity index (χ2n) is 9.02. The molecular weight excluding hydrogens is 485 g/mol. The normalized spacial score (nSPS) is 18.0. The Morgan fingerprint density at radius 1 is 1.09 bits per heavy atom. The van der Waals surface area contributed by atoms with Crippen LogP contribution < -0.4 is 11.0 Å². The molecule has 5 rings (SSSR count). The number of carbonyl (C=O) groups excluding carboxylic acids is 1. The van der Waals surface area contributed by atoms with E-state index in [0.29, 0.717) is 39.5 Å². The predicted octanol–water partition coefficient (Wildman–Crippen LogP) is 5.19. The SMILES string of the molecule is Cc1ncc(Cl)cc1C(=O)N[C@H]1CC[C@H](Cn2c(=O)n(-c3ccncc3Cl)c3ccccc32)CC1. The van der Waals surface area contributed by atoms with Crippen molar-refractivity contribution in [1.29, 1.82) is 0 Å². The molecule has 1 aliphatic carbocycles. The monoisotopic (exact) mass is 509 g/mol. The Morgan fingerprint density at radius 2 is 1.83 bits per heavy atom. The maximum atomic E-state index is 13.5. The van der Waals surface area contributed by atoms with E-state index in [9.17, 15) is 9.59 Å². The van der Waals surface area contributed by atoms with Crippen molar-refractivity contribution < 1.29 is 4.79 Å². The molecule has 3 aromatic heterocycles. The number of nitrogens with one attached hydrogen (secondary N) is 1. The molecule has 180 valence electrons. The third kappa shape index (κ3) is 4.70. The number of imidazole rings is 1. The number of halogens is 2. The van der Waals surface area contributed by atoms with Crippen LogP contribution in [0.5, 0.6) is 0 Å². The van der Waals surface area contributed by atoms with E-state index in [1.807, 2.05) is 28.8 Å². The average Bonchev–Trinajstić information content (AvgIpc) is 3.13. The Balaban J connectivity index is 1.31. The second-order valence-corrected chi connectivity index (χ2v) is 9.87. The van der Waals surface area contributed by atoms with Crippen LogP contribution in [0, 0.1) is 12.8 Å². The number of para-hydroxylation sites is 2. The Morgan fingerprint density at radius 3 is 2.57 bits per heavy atom. The van der Waals surface area contributed by atoms with Crippen LogP contribution in [-0.2, 0) is 6.54 Å². The second kappa shape index (κ2) is 9.84. The molecule has 1 N–H and O–H groups in total. The molecule has 0 saturated heterocycles. The number of aryl methyl sites for hydroxylation is 1. The lowest BCUT2D eigenvalue weighted by atomic mass is 9.85. The van der Waals surface area contributed by atoms with Crippen LogP contribution in [0.2, 0.25) is 10.0 Å². The highest BCUT2D eigenvalue weighted by Gasteiger charge is 2.26. The van der Waals surface area contributed by atoms with Gasteiger partial charge in [-0.25, -0.2) is 4.79 Å². The molecule has 0 spiro atoms. The molecule has 3 heterocycles. The number of hydrogen-bond acceptors (Lipinski definition) is 4. The van der Waals surface area contributed by atoms with Crippen molar-refractivity contribution in [3.8, 4) is 5.69 Å². The number of nitrogens with zero attached hydrogens (tertiary/aromatic N) is 4. The molecule has 0 radical (unpaired) electrons. The summed E-state index contributed by atoms with van der Waals surface area (Å²) in [6.07, 6.45) is 8.27. The minimum atomic E-state index is -0.144. The van der Waals surface area contributed by atoms with E-state index in [1.54, 1.807) is 42.2 Å². The van der Waals surface area contributed by atoms with Gasteiger partial charge in [-0.1, -0.05) is 35.3 Å². The summed E-state index contributed by atoms with van der Waals surface area (Å²) in [4.78, 5) is 34.5. The van der Waals surface area contributed by atoms with Gasteiger partial charge in [-0.3, -0.25) is 23.9 Å². The van der Waals surface area contributed by atoms with E-state index < -0.39 is 0 Å². The summed E-state index contributed by atoms with van der Waals surface area (Å²) in [5, 5.41) is 4.01. The lowest BCUT2D eigenvalue weighted by Crippen LogP contribution is -2.39. The standard InChI is InChI=1S/C26H25Cl2N5O2/c1-16-20(12-18(27)13-30-16)25(34)31-19-8-6-17(7-9-19)15-32-23-4-2-3-5-24(23)33(26(32)35)22-10-11-29-14-21(22)28/h2-5,10-14,17,19H,6-9,15H2,1H3,(H,31,34)/t17-,19-. The van der Waals surface area contributed by atoms with E-state index in [4.69, 9.17) is 23.2 Å². The summed E-state index contributed by atoms with van der Waals surface area (Å²) >= 11 is 12.4. The average molecular weight is 510 g/mol. The van der Waals surface area contributed by atoms with E-state index in [1.165, 1.54) is 0 Å². The summed E-state index contributed by atoms with van der Waals surface area (Å²) in [5.74, 6) is 0.192. The topological polar surface area (TPSA) is 81.8 Å². The minimum Gasteiger partial charge on any atom is -0.349 e. The summed E-state index contributed by atoms with van der Waals surface area (Å²) in [5.41, 5.74) is 3.37. The molecule has 1 saturated carbocycles. The van der Waals surface area contributed by atoms with Gasteiger partial charge in [-0.15, -0.1) is 0 Å². The van der Waals surface area contributed by atoms with Gasteiger partial charge >= 0.3 is 5.69 Å². The molecule has 0 unspecified atom stereocenters. The highest BCUT2D eigenvalue weighted by molar-refractivity contribution is 6.32. The first-order chi connectivity index (χ1) is 16.9. The highest BCUT2D eigenvalue weighted by Crippen LogP contribution is 2.28. The Hall–Kier alpha value is -3.16. The van der Waals surface area contributed by atoms with Gasteiger partial charge in [-0.2, -0.15) is 0 Å². The van der Waals surface area contributed by atoms with E-state index in [2.05, 4.69) is 15.3 Å². The molecule has 0 aliphatic heterocycles. The van der Waals surface area contributed by atoms with E-state index in [-0.39, 0.29) is 17.6 Å². The van der Waals surface area contributed by atoms with Crippen molar-refractivity contribution in [3.63, 3.8) is 0 Å². The molecule has 1 aromatic carbocycles. The number of pyridine rings is 2. The van der Waals surface area contributed by atoms with Crippen LogP contribution in [0.4, 0.5) is 0 Å². The number of aromatic nitrogens is 4. The molecule has 9 heteroatoms. The number of fused-ring (bicyclic) bond motifs is 1. The van der Waals surface area contributed by atoms with Crippen LogP contribution >= 0.6 is 23.2 Å². The Kier molecular flexibility index (Phi) is 6.62. The Bertz CT molecular complexity index is 1450. The molecule has 0 atom stereocenters. The van der Waals surface area contributed by atoms with Crippen molar-refractivity contribution >= 4 is 40.1 Å². The quantitative estimate of drug-likeness (QED) is 0.401. The van der Waals surface area contributed by atoms with Gasteiger partial charge in [-0.05, 0) is 62.8 Å². The number of carbonyl (C=O) groups is 1. The largest absolute Gasteiger partial charge is 0.349 e. The first kappa shape index (κ1) is 23.6. The summed E-state index contributed by atoms with van der Waals surface area (Å²) in [6.45, 7) is 2.42. The third-order valence-corrected chi connectivity index (χ3v) is 7.25. The summed E-state index contributed by atoms with van der Waals surface area (Å²) < 4.78 is 3.50. The van der Waals surface area contributed by atoms with E-state index in [0.717, 1.165) is 36.7 Å². The van der Waals surface area contributed by atoms with Gasteiger partial charge in [0.2, 0.25) is 0 Å². The summed E-state index contributed by atoms with van der Waals surface area (Å²) in [6, 6.07) is 11.3. The third-order valence-electron chi connectivity index (χ3n) is 6.75. The van der Waals surface area contributed by atoms with E-state index >= 15 is 0 Å². The maximum absolute atomic E-state index is 13.5. The number of benzene rings is 1. The first-order valence-electron chi connectivity index (χ1n) is 11.7. The molecular formula is C26H25Cl2N5O2. The fourth-order valence-corrected chi connectivity index (χ4v) is 5.28. The number of amides is 1. The molecule has 35 heavy (non-hydrogen) atoms. The zero-order valence-corrected chi connectivity index (χ0v) is 20.8. The predicted molar refractivity (Wildman–Crippen MR) is 138 cm³/mol. The molecule has 1 aliphatic rings. The molecule has 1 fully saturated rings. The fraction of sp³-hybridized carbons (Fsp3) is 0.308. The van der Waals surface area contributed by atoms with Gasteiger partial charge in [0.1, 0.15) is 0 Å². The van der Waals surface area contributed by atoms with Crippen LogP contribution in [0.3, 0.4) is 0 Å². The zero-order chi connectivity index (χ0) is 24.5. The summed E-state index contributed by atoms with van der Waals surface area (Å²) in [7, 11) is 0. The van der Waals surface area contributed by atoms with Crippen LogP contribution in [0.25, 0.3) is 16.7 Å². The number of hydrogen-bond donors (Lipinski definition) is 1. The van der Waals surface area contributed by atoms with Gasteiger partial charge in [0, 0.05) is 31.2 Å². The lowest BCUT2D eigenvalue weighted by molar-refractivity contribution is 0.0919. The van der Waals surface area contributed by atoms with Gasteiger partial charge in [0.05, 0.1) is 38.0 Å².